The van der Waals surface area contributed by atoms with Crippen molar-refractivity contribution in [2.75, 3.05) is 18.0 Å². The molecule has 0 unspecified atom stereocenters. The van der Waals surface area contributed by atoms with E-state index in [9.17, 15) is 18.3 Å². The number of aryl methyl sites for hydroxylation is 1. The Hall–Kier alpha value is -2.55. The van der Waals surface area contributed by atoms with Gasteiger partial charge in [-0.15, -0.1) is 0 Å². The van der Waals surface area contributed by atoms with E-state index < -0.39 is 27.3 Å². The summed E-state index contributed by atoms with van der Waals surface area (Å²) in [6.45, 7) is 3.44. The highest BCUT2D eigenvalue weighted by Gasteiger charge is 2.37. The van der Waals surface area contributed by atoms with Crippen LogP contribution in [-0.4, -0.2) is 43.9 Å². The quantitative estimate of drug-likeness (QED) is 0.419. The number of amides is 1. The summed E-state index contributed by atoms with van der Waals surface area (Å²) in [7, 11) is -3.88. The third-order valence-corrected chi connectivity index (χ3v) is 10.4. The van der Waals surface area contributed by atoms with E-state index >= 15 is 0 Å². The van der Waals surface area contributed by atoms with Crippen molar-refractivity contribution in [2.45, 2.75) is 69.8 Å². The van der Waals surface area contributed by atoms with Crippen LogP contribution in [0.15, 0.2) is 48.6 Å². The number of fused-ring (bicyclic) bond motifs is 3. The van der Waals surface area contributed by atoms with Crippen LogP contribution in [0.1, 0.15) is 66.9 Å². The maximum atomic E-state index is 13.1. The van der Waals surface area contributed by atoms with Gasteiger partial charge in [0.25, 0.3) is 5.91 Å². The lowest BCUT2D eigenvalue weighted by atomic mass is 9.69. The first-order chi connectivity index (χ1) is 18.7. The van der Waals surface area contributed by atoms with Crippen LogP contribution >= 0.6 is 11.6 Å². The van der Waals surface area contributed by atoms with Gasteiger partial charge in [-0.1, -0.05) is 29.8 Å². The molecule has 210 valence electrons. The number of nitrogens with one attached hydrogen (secondary N) is 1. The van der Waals surface area contributed by atoms with Gasteiger partial charge in [0.2, 0.25) is 10.0 Å². The zero-order chi connectivity index (χ0) is 27.6. The fourth-order valence-corrected chi connectivity index (χ4v) is 6.94. The Labute approximate surface area is 236 Å². The Kier molecular flexibility index (Phi) is 8.55. The van der Waals surface area contributed by atoms with E-state index in [2.05, 4.69) is 9.62 Å². The molecule has 2 aromatic rings. The highest BCUT2D eigenvalue weighted by molar-refractivity contribution is 7.90. The molecule has 1 fully saturated rings. The first kappa shape index (κ1) is 28.0. The minimum atomic E-state index is -3.88. The molecule has 3 aliphatic rings. The Morgan fingerprint density at radius 3 is 2.67 bits per heavy atom. The van der Waals surface area contributed by atoms with Crippen LogP contribution in [0, 0.1) is 11.8 Å². The molecule has 39 heavy (non-hydrogen) atoms. The summed E-state index contributed by atoms with van der Waals surface area (Å²) in [5.74, 6) is 0.509. The van der Waals surface area contributed by atoms with Crippen LogP contribution in [-0.2, 0) is 23.1 Å². The number of carbonyl (C=O) groups excluding carboxylic acids is 1. The van der Waals surface area contributed by atoms with Crippen molar-refractivity contribution in [1.29, 1.82) is 0 Å². The van der Waals surface area contributed by atoms with E-state index in [1.54, 1.807) is 31.2 Å². The van der Waals surface area contributed by atoms with Crippen molar-refractivity contribution in [1.82, 2.24) is 4.72 Å². The molecule has 2 heterocycles. The van der Waals surface area contributed by atoms with Crippen LogP contribution in [0.25, 0.3) is 0 Å². The molecular formula is C30H37ClN2O5S. The Morgan fingerprint density at radius 2 is 1.87 bits per heavy atom. The van der Waals surface area contributed by atoms with Crippen molar-refractivity contribution >= 4 is 33.2 Å². The smallest absolute Gasteiger partial charge is 0.264 e. The minimum absolute atomic E-state index is 0.184. The summed E-state index contributed by atoms with van der Waals surface area (Å²) in [6.07, 6.45) is 8.75. The van der Waals surface area contributed by atoms with Crippen molar-refractivity contribution in [3.05, 3.63) is 70.3 Å². The van der Waals surface area contributed by atoms with E-state index in [-0.39, 0.29) is 17.9 Å². The van der Waals surface area contributed by atoms with Crippen molar-refractivity contribution in [3.63, 3.8) is 0 Å². The Bertz CT molecular complexity index is 1340. The molecule has 0 aromatic heterocycles. The normalized spacial score (nSPS) is 28.4. The number of allylic oxidation sites excluding steroid dienone is 1. The molecular weight excluding hydrogens is 536 g/mol. The second-order valence-electron chi connectivity index (χ2n) is 11.1. The number of aliphatic hydroxyl groups is 1. The van der Waals surface area contributed by atoms with E-state index in [0.717, 1.165) is 56.4 Å². The van der Waals surface area contributed by atoms with Crippen LogP contribution in [0.3, 0.4) is 0 Å². The highest BCUT2D eigenvalue weighted by atomic mass is 35.5. The van der Waals surface area contributed by atoms with E-state index in [4.69, 9.17) is 16.3 Å². The number of halogens is 1. The number of ether oxygens (including phenoxy) is 1. The molecule has 7 nitrogen and oxygen atoms in total. The fraction of sp³-hybridized carbons (Fsp3) is 0.500. The van der Waals surface area contributed by atoms with Crippen molar-refractivity contribution in [3.8, 4) is 5.75 Å². The largest absolute Gasteiger partial charge is 0.487 e. The average Bonchev–Trinajstić information content (AvgIpc) is 2.91. The fourth-order valence-electron chi connectivity index (χ4n) is 5.80. The monoisotopic (exact) mass is 572 g/mol. The highest BCUT2D eigenvalue weighted by Crippen LogP contribution is 2.41. The Balaban J connectivity index is 1.53. The number of hydrogen-bond donors (Lipinski definition) is 2. The van der Waals surface area contributed by atoms with Gasteiger partial charge in [0.05, 0.1) is 17.0 Å². The second kappa shape index (κ2) is 11.9. The number of hydrogen-bond acceptors (Lipinski definition) is 6. The van der Waals surface area contributed by atoms with E-state index in [1.165, 1.54) is 5.56 Å². The first-order valence-corrected chi connectivity index (χ1v) is 15.8. The topological polar surface area (TPSA) is 95.9 Å². The molecule has 2 bridgehead atoms. The van der Waals surface area contributed by atoms with Gasteiger partial charge >= 0.3 is 0 Å². The molecule has 0 spiro atoms. The third kappa shape index (κ3) is 6.44. The lowest BCUT2D eigenvalue weighted by Gasteiger charge is -2.43. The van der Waals surface area contributed by atoms with Crippen LogP contribution in [0.2, 0.25) is 5.02 Å². The van der Waals surface area contributed by atoms with Crippen molar-refractivity contribution in [2.24, 2.45) is 11.8 Å². The summed E-state index contributed by atoms with van der Waals surface area (Å²) >= 11 is 6.28. The molecule has 1 aliphatic carbocycles. The number of sulfonamides is 1. The predicted octanol–water partition coefficient (Wildman–Crippen LogP) is 5.25. The van der Waals surface area contributed by atoms with Gasteiger partial charge in [-0.25, -0.2) is 13.1 Å². The van der Waals surface area contributed by atoms with Gasteiger partial charge in [-0.3, -0.25) is 4.79 Å². The number of carbonyl (C=O) groups is 1. The van der Waals surface area contributed by atoms with Crippen LogP contribution < -0.4 is 14.4 Å². The summed E-state index contributed by atoms with van der Waals surface area (Å²) in [6, 6.07) is 11.0. The average molecular weight is 573 g/mol. The lowest BCUT2D eigenvalue weighted by Crippen LogP contribution is -2.43. The van der Waals surface area contributed by atoms with Crippen LogP contribution in [0.4, 0.5) is 5.69 Å². The summed E-state index contributed by atoms with van der Waals surface area (Å²) in [4.78, 5) is 15.4. The van der Waals surface area contributed by atoms with Crippen LogP contribution in [0.5, 0.6) is 5.75 Å². The van der Waals surface area contributed by atoms with Gasteiger partial charge < -0.3 is 14.7 Å². The number of nitrogens with zero attached hydrogens (tertiary/aromatic N) is 1. The first-order valence-electron chi connectivity index (χ1n) is 13.9. The molecule has 2 N–H and O–H groups in total. The summed E-state index contributed by atoms with van der Waals surface area (Å²) in [5.41, 5.74) is 3.30. The molecule has 9 heteroatoms. The van der Waals surface area contributed by atoms with E-state index in [0.29, 0.717) is 29.7 Å². The van der Waals surface area contributed by atoms with Gasteiger partial charge in [-0.05, 0) is 105 Å². The van der Waals surface area contributed by atoms with Crippen molar-refractivity contribution < 1.29 is 23.1 Å². The maximum Gasteiger partial charge on any atom is 0.264 e. The summed E-state index contributed by atoms with van der Waals surface area (Å²) in [5, 5.41) is 10.9. The number of rotatable bonds is 0. The minimum Gasteiger partial charge on any atom is -0.487 e. The van der Waals surface area contributed by atoms with E-state index in [1.807, 2.05) is 24.3 Å². The van der Waals surface area contributed by atoms with Gasteiger partial charge in [0, 0.05) is 23.7 Å². The van der Waals surface area contributed by atoms with Gasteiger partial charge in [0.1, 0.15) is 12.4 Å². The molecule has 1 amide bonds. The zero-order valence-electron chi connectivity index (χ0n) is 22.3. The number of aliphatic hydroxyl groups excluding tert-OH is 1. The van der Waals surface area contributed by atoms with Gasteiger partial charge in [0.15, 0.2) is 0 Å². The number of benzene rings is 2. The molecule has 2 aliphatic heterocycles. The number of anilines is 1. The summed E-state index contributed by atoms with van der Waals surface area (Å²) < 4.78 is 34.4. The molecule has 0 saturated heterocycles. The maximum absolute atomic E-state index is 13.1. The molecule has 2 aromatic carbocycles. The SMILES string of the molecule is C[C@H]1C/C=C/C[C@H](O)[C@@H]2CC[C@H]2CN2CCCCc3cc(Cl)ccc3COc3ccc(cc32)C(=O)NS1(=O)=O. The molecule has 1 saturated carbocycles. The zero-order valence-corrected chi connectivity index (χ0v) is 23.9. The predicted molar refractivity (Wildman–Crippen MR) is 154 cm³/mol. The molecule has 0 radical (unpaired) electrons. The standard InChI is InChI=1S/C30H37ClN2O5S/c1-20-6-2-3-8-28(34)26-13-10-23(26)18-33-15-5-4-7-21-16-25(31)12-9-24(21)19-38-29-14-11-22(17-27(29)33)30(35)32-39(20,36)37/h2-3,9,11-12,14,16-17,20,23,26,28,34H,4-8,10,13,15,18-19H2,1H3,(H,32,35)/b3-2+/t20-,23-,26+,28-/m0/s1. The lowest BCUT2D eigenvalue weighted by molar-refractivity contribution is 0.0180. The third-order valence-electron chi connectivity index (χ3n) is 8.44. The van der Waals surface area contributed by atoms with Gasteiger partial charge in [-0.2, -0.15) is 0 Å². The second-order valence-corrected chi connectivity index (χ2v) is 13.6. The molecule has 4 atom stereocenters. The molecule has 5 rings (SSSR count). The Morgan fingerprint density at radius 1 is 1.05 bits per heavy atom.